The predicted molar refractivity (Wildman–Crippen MR) is 126 cm³/mol. The van der Waals surface area contributed by atoms with E-state index < -0.39 is 5.92 Å². The summed E-state index contributed by atoms with van der Waals surface area (Å²) in [7, 11) is 3.17. The summed E-state index contributed by atoms with van der Waals surface area (Å²) in [6.07, 6.45) is 0. The minimum Gasteiger partial charge on any atom is -0.497 e. The van der Waals surface area contributed by atoms with Crippen molar-refractivity contribution in [2.24, 2.45) is 11.8 Å². The van der Waals surface area contributed by atoms with Crippen LogP contribution in [-0.4, -0.2) is 50.6 Å². The van der Waals surface area contributed by atoms with Crippen LogP contribution in [0.4, 0.5) is 0 Å². The lowest BCUT2D eigenvalue weighted by Crippen LogP contribution is -2.37. The van der Waals surface area contributed by atoms with Crippen LogP contribution in [0.2, 0.25) is 10.0 Å². The Morgan fingerprint density at radius 3 is 2.47 bits per heavy atom. The van der Waals surface area contributed by atoms with Crippen LogP contribution in [0, 0.1) is 11.8 Å². The number of rotatable bonds is 7. The molecule has 1 N–H and O–H groups in total. The van der Waals surface area contributed by atoms with Crippen molar-refractivity contribution in [2.75, 3.05) is 33.9 Å². The number of methoxy groups -OCH3 is 2. The largest absolute Gasteiger partial charge is 0.497 e. The van der Waals surface area contributed by atoms with E-state index in [0.29, 0.717) is 41.1 Å². The Bertz CT molecular complexity index is 996. The zero-order valence-corrected chi connectivity index (χ0v) is 20.2. The molecule has 2 aromatic rings. The molecule has 6 nitrogen and oxygen atoms in total. The van der Waals surface area contributed by atoms with E-state index in [4.69, 9.17) is 32.7 Å². The lowest BCUT2D eigenvalue weighted by atomic mass is 9.87. The number of nitrogens with zero attached hydrogens (tertiary/aromatic N) is 1. The van der Waals surface area contributed by atoms with Gasteiger partial charge >= 0.3 is 0 Å². The van der Waals surface area contributed by atoms with Crippen molar-refractivity contribution in [1.82, 2.24) is 10.2 Å². The maximum Gasteiger partial charge on any atom is 0.255 e. The third-order valence-electron chi connectivity index (χ3n) is 5.63. The first kappa shape index (κ1) is 24.2. The van der Waals surface area contributed by atoms with E-state index in [-0.39, 0.29) is 29.3 Å². The summed E-state index contributed by atoms with van der Waals surface area (Å²) in [6, 6.07) is 10.3. The van der Waals surface area contributed by atoms with Gasteiger partial charge in [0.05, 0.1) is 30.7 Å². The van der Waals surface area contributed by atoms with E-state index in [0.717, 1.165) is 5.56 Å². The van der Waals surface area contributed by atoms with Crippen molar-refractivity contribution in [1.29, 1.82) is 0 Å². The Balaban J connectivity index is 1.94. The smallest absolute Gasteiger partial charge is 0.255 e. The van der Waals surface area contributed by atoms with Gasteiger partial charge in [0.25, 0.3) is 5.91 Å². The number of ether oxygens (including phenoxy) is 2. The number of nitrogens with one attached hydrogen (secondary N) is 1. The van der Waals surface area contributed by atoms with Crippen LogP contribution < -0.4 is 14.8 Å². The van der Waals surface area contributed by atoms with Crippen molar-refractivity contribution in [2.45, 2.75) is 19.8 Å². The fourth-order valence-corrected chi connectivity index (χ4v) is 4.43. The molecular weight excluding hydrogens is 451 g/mol. The van der Waals surface area contributed by atoms with Gasteiger partial charge in [0.2, 0.25) is 5.91 Å². The number of halogens is 2. The van der Waals surface area contributed by atoms with Crippen molar-refractivity contribution in [3.8, 4) is 11.5 Å². The van der Waals surface area contributed by atoms with Gasteiger partial charge in [0.1, 0.15) is 11.5 Å². The zero-order valence-electron chi connectivity index (χ0n) is 18.7. The molecule has 32 heavy (non-hydrogen) atoms. The van der Waals surface area contributed by atoms with Crippen LogP contribution in [0.1, 0.15) is 35.7 Å². The van der Waals surface area contributed by atoms with Gasteiger partial charge in [-0.25, -0.2) is 0 Å². The molecule has 0 saturated carbocycles. The molecular formula is C24H28Cl2N2O4. The van der Waals surface area contributed by atoms with Gasteiger partial charge in [0.15, 0.2) is 0 Å². The van der Waals surface area contributed by atoms with Gasteiger partial charge < -0.3 is 19.7 Å². The van der Waals surface area contributed by atoms with E-state index in [1.165, 1.54) is 0 Å². The monoisotopic (exact) mass is 478 g/mol. The summed E-state index contributed by atoms with van der Waals surface area (Å²) < 4.78 is 10.9. The molecule has 1 aliphatic heterocycles. The molecule has 0 radical (unpaired) electrons. The Morgan fingerprint density at radius 2 is 1.84 bits per heavy atom. The normalized spacial score (nSPS) is 18.0. The molecule has 0 bridgehead atoms. The van der Waals surface area contributed by atoms with Crippen molar-refractivity contribution < 1.29 is 19.1 Å². The summed E-state index contributed by atoms with van der Waals surface area (Å²) in [6.45, 7) is 5.29. The predicted octanol–water partition coefficient (Wildman–Crippen LogP) is 4.64. The second kappa shape index (κ2) is 10.5. The van der Waals surface area contributed by atoms with Gasteiger partial charge in [-0.05, 0) is 30.2 Å². The standard InChI is InChI=1S/C24H28Cl2N2O4/c1-14(2)11-27-23(29)20-13-28(24(30)18-7-5-15(25)9-21(18)26)12-19(20)17-8-6-16(31-3)10-22(17)32-4/h5-10,14,19-20H,11-13H2,1-4H3,(H,27,29). The second-order valence-electron chi connectivity index (χ2n) is 8.29. The molecule has 1 saturated heterocycles. The Hall–Kier alpha value is -2.44. The van der Waals surface area contributed by atoms with E-state index in [2.05, 4.69) is 5.32 Å². The van der Waals surface area contributed by atoms with Crippen LogP contribution in [0.15, 0.2) is 36.4 Å². The first-order chi connectivity index (χ1) is 15.2. The Labute approximate surface area is 198 Å². The molecule has 2 amide bonds. The fraction of sp³-hybridized carbons (Fsp3) is 0.417. The van der Waals surface area contributed by atoms with E-state index >= 15 is 0 Å². The Morgan fingerprint density at radius 1 is 1.09 bits per heavy atom. The lowest BCUT2D eigenvalue weighted by Gasteiger charge is -2.21. The van der Waals surface area contributed by atoms with Crippen LogP contribution in [0.3, 0.4) is 0 Å². The van der Waals surface area contributed by atoms with Gasteiger partial charge in [-0.2, -0.15) is 0 Å². The molecule has 2 aromatic carbocycles. The number of hydrogen-bond donors (Lipinski definition) is 1. The molecule has 172 valence electrons. The molecule has 0 aromatic heterocycles. The number of carbonyl (C=O) groups is 2. The average Bonchev–Trinajstić information content (AvgIpc) is 3.21. The van der Waals surface area contributed by atoms with Gasteiger partial charge in [-0.3, -0.25) is 9.59 Å². The molecule has 8 heteroatoms. The van der Waals surface area contributed by atoms with Crippen LogP contribution in [-0.2, 0) is 4.79 Å². The maximum absolute atomic E-state index is 13.3. The molecule has 1 heterocycles. The molecule has 1 fully saturated rings. The number of amides is 2. The molecule has 2 atom stereocenters. The van der Waals surface area contributed by atoms with Crippen LogP contribution >= 0.6 is 23.2 Å². The number of benzene rings is 2. The van der Waals surface area contributed by atoms with E-state index in [1.54, 1.807) is 43.4 Å². The highest BCUT2D eigenvalue weighted by Gasteiger charge is 2.42. The lowest BCUT2D eigenvalue weighted by molar-refractivity contribution is -0.125. The molecule has 0 spiro atoms. The highest BCUT2D eigenvalue weighted by Crippen LogP contribution is 2.40. The molecule has 0 aliphatic carbocycles. The summed E-state index contributed by atoms with van der Waals surface area (Å²) in [5, 5.41) is 3.76. The minimum atomic E-state index is -0.425. The van der Waals surface area contributed by atoms with Crippen molar-refractivity contribution >= 4 is 35.0 Å². The summed E-state index contributed by atoms with van der Waals surface area (Å²) in [4.78, 5) is 28.0. The third-order valence-corrected chi connectivity index (χ3v) is 6.18. The number of carbonyl (C=O) groups excluding carboxylic acids is 2. The van der Waals surface area contributed by atoms with Crippen LogP contribution in [0.5, 0.6) is 11.5 Å². The number of hydrogen-bond acceptors (Lipinski definition) is 4. The summed E-state index contributed by atoms with van der Waals surface area (Å²) >= 11 is 12.3. The maximum atomic E-state index is 13.3. The second-order valence-corrected chi connectivity index (χ2v) is 9.14. The number of likely N-dealkylation sites (tertiary alicyclic amines) is 1. The molecule has 1 aliphatic rings. The minimum absolute atomic E-state index is 0.0842. The van der Waals surface area contributed by atoms with Gasteiger partial charge in [0, 0.05) is 42.2 Å². The first-order valence-corrected chi connectivity index (χ1v) is 11.2. The van der Waals surface area contributed by atoms with Gasteiger partial charge in [-0.15, -0.1) is 0 Å². The Kier molecular flexibility index (Phi) is 7.91. The summed E-state index contributed by atoms with van der Waals surface area (Å²) in [5.74, 6) is 0.617. The zero-order chi connectivity index (χ0) is 23.4. The van der Waals surface area contributed by atoms with Crippen LogP contribution in [0.25, 0.3) is 0 Å². The third kappa shape index (κ3) is 5.30. The highest BCUT2D eigenvalue weighted by molar-refractivity contribution is 6.36. The van der Waals surface area contributed by atoms with E-state index in [9.17, 15) is 9.59 Å². The quantitative estimate of drug-likeness (QED) is 0.629. The summed E-state index contributed by atoms with van der Waals surface area (Å²) in [5.41, 5.74) is 1.22. The average molecular weight is 479 g/mol. The first-order valence-electron chi connectivity index (χ1n) is 10.5. The SMILES string of the molecule is COc1ccc(C2CN(C(=O)c3ccc(Cl)cc3Cl)CC2C(=O)NCC(C)C)c(OC)c1. The van der Waals surface area contributed by atoms with E-state index in [1.807, 2.05) is 26.0 Å². The van der Waals surface area contributed by atoms with Gasteiger partial charge in [-0.1, -0.05) is 43.1 Å². The highest BCUT2D eigenvalue weighted by atomic mass is 35.5. The fourth-order valence-electron chi connectivity index (χ4n) is 3.94. The topological polar surface area (TPSA) is 67.9 Å². The molecule has 3 rings (SSSR count). The van der Waals surface area contributed by atoms with Crippen molar-refractivity contribution in [3.05, 3.63) is 57.6 Å². The van der Waals surface area contributed by atoms with Crippen molar-refractivity contribution in [3.63, 3.8) is 0 Å². The molecule has 2 unspecified atom stereocenters.